The number of nitrogens with one attached hydrogen (secondary N) is 1. The van der Waals surface area contributed by atoms with E-state index in [9.17, 15) is 0 Å². The lowest BCUT2D eigenvalue weighted by Gasteiger charge is -2.17. The molecule has 1 aliphatic rings. The Labute approximate surface area is 90.4 Å². The van der Waals surface area contributed by atoms with E-state index < -0.39 is 0 Å². The molecule has 0 spiro atoms. The first-order valence-corrected chi connectivity index (χ1v) is 5.40. The smallest absolute Gasteiger partial charge is 0.121 e. The van der Waals surface area contributed by atoms with Gasteiger partial charge in [-0.25, -0.2) is 5.84 Å². The van der Waals surface area contributed by atoms with Gasteiger partial charge in [-0.05, 0) is 25.3 Å². The average molecular weight is 203 g/mol. The molecule has 1 aliphatic carbocycles. The molecule has 1 fully saturated rings. The van der Waals surface area contributed by atoms with Crippen LogP contribution in [0.4, 0.5) is 0 Å². The summed E-state index contributed by atoms with van der Waals surface area (Å²) in [4.78, 5) is 4.43. The van der Waals surface area contributed by atoms with Gasteiger partial charge in [-0.3, -0.25) is 4.99 Å². The van der Waals surface area contributed by atoms with Crippen LogP contribution in [0.5, 0.6) is 0 Å². The van der Waals surface area contributed by atoms with Crippen LogP contribution in [0, 0.1) is 0 Å². The van der Waals surface area contributed by atoms with Crippen LogP contribution >= 0.6 is 0 Å². The van der Waals surface area contributed by atoms with Gasteiger partial charge in [0.25, 0.3) is 0 Å². The number of rotatable bonds is 3. The van der Waals surface area contributed by atoms with Crippen molar-refractivity contribution in [3.63, 3.8) is 0 Å². The monoisotopic (exact) mass is 203 g/mol. The van der Waals surface area contributed by atoms with Crippen molar-refractivity contribution in [1.29, 1.82) is 0 Å². The number of hydrogen-bond acceptors (Lipinski definition) is 2. The summed E-state index contributed by atoms with van der Waals surface area (Å²) in [6, 6.07) is 10.5. The van der Waals surface area contributed by atoms with Crippen LogP contribution in [-0.4, -0.2) is 12.4 Å². The second kappa shape index (κ2) is 4.03. The Morgan fingerprint density at radius 2 is 2.07 bits per heavy atom. The molecule has 15 heavy (non-hydrogen) atoms. The molecule has 0 bridgehead atoms. The first-order valence-electron chi connectivity index (χ1n) is 5.40. The molecule has 1 saturated carbocycles. The summed E-state index contributed by atoms with van der Waals surface area (Å²) in [5, 5.41) is 0. The number of aliphatic imine (C=N–C) groups is 1. The Hall–Kier alpha value is -1.35. The van der Waals surface area contributed by atoms with Gasteiger partial charge in [-0.2, -0.15) is 0 Å². The summed E-state index contributed by atoms with van der Waals surface area (Å²) in [6.07, 6.45) is 2.28. The lowest BCUT2D eigenvalue weighted by atomic mass is 9.95. The summed E-state index contributed by atoms with van der Waals surface area (Å²) in [5.74, 6) is 6.47. The summed E-state index contributed by atoms with van der Waals surface area (Å²) in [7, 11) is 0. The molecular formula is C12H17N3. The van der Waals surface area contributed by atoms with Crippen molar-refractivity contribution in [3.05, 3.63) is 35.9 Å². The van der Waals surface area contributed by atoms with Crippen molar-refractivity contribution >= 4 is 5.84 Å². The van der Waals surface area contributed by atoms with Crippen molar-refractivity contribution in [3.8, 4) is 0 Å². The average Bonchev–Trinajstić information content (AvgIpc) is 3.08. The predicted octanol–water partition coefficient (Wildman–Crippen LogP) is 1.60. The minimum absolute atomic E-state index is 0.0754. The highest BCUT2D eigenvalue weighted by Gasteiger charge is 2.48. The summed E-state index contributed by atoms with van der Waals surface area (Å²) in [5.41, 5.74) is 4.14. The Bertz CT molecular complexity index is 352. The second-order valence-corrected chi connectivity index (χ2v) is 3.92. The molecule has 2 rings (SSSR count). The van der Waals surface area contributed by atoms with Crippen LogP contribution in [0.3, 0.4) is 0 Å². The lowest BCUT2D eigenvalue weighted by molar-refractivity contribution is 0.838. The predicted molar refractivity (Wildman–Crippen MR) is 62.7 cm³/mol. The summed E-state index contributed by atoms with van der Waals surface area (Å²) < 4.78 is 0. The molecule has 1 aromatic rings. The topological polar surface area (TPSA) is 50.4 Å². The number of hydrogen-bond donors (Lipinski definition) is 2. The molecule has 0 aliphatic heterocycles. The first-order chi connectivity index (χ1) is 7.33. The number of nitrogens with two attached hydrogens (primary N) is 1. The number of benzene rings is 1. The van der Waals surface area contributed by atoms with E-state index in [0.717, 1.165) is 25.2 Å². The summed E-state index contributed by atoms with van der Waals surface area (Å²) in [6.45, 7) is 2.80. The quantitative estimate of drug-likeness (QED) is 0.339. The molecule has 3 heteroatoms. The highest BCUT2D eigenvalue weighted by atomic mass is 15.3. The van der Waals surface area contributed by atoms with Gasteiger partial charge in [-0.15, -0.1) is 0 Å². The van der Waals surface area contributed by atoms with Crippen molar-refractivity contribution < 1.29 is 0 Å². The third-order valence-electron chi connectivity index (χ3n) is 2.98. The third kappa shape index (κ3) is 1.75. The van der Waals surface area contributed by atoms with Gasteiger partial charge >= 0.3 is 0 Å². The maximum Gasteiger partial charge on any atom is 0.121 e. The van der Waals surface area contributed by atoms with Gasteiger partial charge in [0.15, 0.2) is 0 Å². The van der Waals surface area contributed by atoms with Crippen LogP contribution in [0.25, 0.3) is 0 Å². The highest BCUT2D eigenvalue weighted by molar-refractivity contribution is 5.95. The van der Waals surface area contributed by atoms with Crippen LogP contribution in [0.2, 0.25) is 0 Å². The fourth-order valence-electron chi connectivity index (χ4n) is 2.04. The molecule has 1 aromatic carbocycles. The molecular weight excluding hydrogens is 186 g/mol. The van der Waals surface area contributed by atoms with Crippen molar-refractivity contribution in [1.82, 2.24) is 5.43 Å². The van der Waals surface area contributed by atoms with Crippen LogP contribution < -0.4 is 11.3 Å². The fraction of sp³-hybridized carbons (Fsp3) is 0.417. The van der Waals surface area contributed by atoms with E-state index in [0.29, 0.717) is 0 Å². The fourth-order valence-corrected chi connectivity index (χ4v) is 2.04. The minimum atomic E-state index is 0.0754. The maximum atomic E-state index is 5.54. The molecule has 0 unspecified atom stereocenters. The molecule has 3 nitrogen and oxygen atoms in total. The normalized spacial score (nSPS) is 18.7. The van der Waals surface area contributed by atoms with Crippen molar-refractivity contribution in [2.24, 2.45) is 10.8 Å². The molecule has 0 atom stereocenters. The van der Waals surface area contributed by atoms with Crippen molar-refractivity contribution in [2.45, 2.75) is 25.2 Å². The van der Waals surface area contributed by atoms with E-state index in [1.807, 2.05) is 13.0 Å². The van der Waals surface area contributed by atoms with E-state index in [1.165, 1.54) is 5.56 Å². The minimum Gasteiger partial charge on any atom is -0.312 e. The summed E-state index contributed by atoms with van der Waals surface area (Å²) >= 11 is 0. The highest BCUT2D eigenvalue weighted by Crippen LogP contribution is 2.48. The van der Waals surface area contributed by atoms with Crippen molar-refractivity contribution in [2.75, 3.05) is 6.54 Å². The van der Waals surface area contributed by atoms with Gasteiger partial charge in [-0.1, -0.05) is 30.3 Å². The molecule has 0 amide bonds. The van der Waals surface area contributed by atoms with Crippen LogP contribution in [0.1, 0.15) is 25.3 Å². The molecule has 80 valence electrons. The maximum absolute atomic E-state index is 5.54. The van der Waals surface area contributed by atoms with E-state index in [2.05, 4.69) is 34.7 Å². The van der Waals surface area contributed by atoms with E-state index in [4.69, 9.17) is 5.84 Å². The zero-order chi connectivity index (χ0) is 10.7. The van der Waals surface area contributed by atoms with Gasteiger partial charge in [0.2, 0.25) is 0 Å². The largest absolute Gasteiger partial charge is 0.312 e. The lowest BCUT2D eigenvalue weighted by Crippen LogP contribution is -2.39. The van der Waals surface area contributed by atoms with Crippen LogP contribution in [0.15, 0.2) is 35.3 Å². The van der Waals surface area contributed by atoms with Gasteiger partial charge in [0.05, 0.1) is 5.41 Å². The SMILES string of the molecule is CCN=C(NN)C1(c2ccccc2)CC1. The zero-order valence-corrected chi connectivity index (χ0v) is 9.03. The van der Waals surface area contributed by atoms with Crippen LogP contribution in [-0.2, 0) is 5.41 Å². The zero-order valence-electron chi connectivity index (χ0n) is 9.03. The van der Waals surface area contributed by atoms with E-state index >= 15 is 0 Å². The first kappa shape index (κ1) is 10.2. The van der Waals surface area contributed by atoms with Gasteiger partial charge in [0.1, 0.15) is 5.84 Å². The molecule has 0 saturated heterocycles. The Morgan fingerprint density at radius 3 is 2.53 bits per heavy atom. The Morgan fingerprint density at radius 1 is 1.40 bits per heavy atom. The standard InChI is InChI=1S/C12H17N3/c1-2-14-11(15-13)12(8-9-12)10-6-4-3-5-7-10/h3-7H,2,8-9,13H2,1H3,(H,14,15). The Kier molecular flexibility index (Phi) is 2.73. The van der Waals surface area contributed by atoms with Gasteiger partial charge in [0, 0.05) is 6.54 Å². The van der Waals surface area contributed by atoms with Gasteiger partial charge < -0.3 is 5.43 Å². The molecule has 0 heterocycles. The third-order valence-corrected chi connectivity index (χ3v) is 2.98. The van der Waals surface area contributed by atoms with E-state index in [-0.39, 0.29) is 5.41 Å². The number of amidine groups is 1. The van der Waals surface area contributed by atoms with E-state index in [1.54, 1.807) is 0 Å². The number of hydrazine groups is 1. The Balaban J connectivity index is 2.31. The second-order valence-electron chi connectivity index (χ2n) is 3.92. The molecule has 3 N–H and O–H groups in total. The molecule has 0 aromatic heterocycles. The number of nitrogens with zero attached hydrogens (tertiary/aromatic N) is 1. The molecule has 0 radical (unpaired) electrons.